The normalized spacial score (nSPS) is 11.8. The van der Waals surface area contributed by atoms with Gasteiger partial charge in [-0.1, -0.05) is 42.5 Å². The van der Waals surface area contributed by atoms with Crippen LogP contribution < -0.4 is 10.1 Å². The third-order valence-electron chi connectivity index (χ3n) is 4.23. The molecule has 1 aromatic heterocycles. The summed E-state index contributed by atoms with van der Waals surface area (Å²) in [6.07, 6.45) is 1.78. The van der Waals surface area contributed by atoms with Gasteiger partial charge in [0.25, 0.3) is 5.91 Å². The molecule has 0 aliphatic carbocycles. The van der Waals surface area contributed by atoms with E-state index in [4.69, 9.17) is 13.9 Å². The Hall–Kier alpha value is -3.05. The number of benzene rings is 2. The summed E-state index contributed by atoms with van der Waals surface area (Å²) < 4.78 is 16.4. The number of hydrogen-bond acceptors (Lipinski definition) is 4. The van der Waals surface area contributed by atoms with Crippen molar-refractivity contribution in [1.82, 2.24) is 5.32 Å². The van der Waals surface area contributed by atoms with Crippen molar-refractivity contribution >= 4 is 5.91 Å². The molecule has 1 unspecified atom stereocenters. The van der Waals surface area contributed by atoms with Crippen LogP contribution in [0.4, 0.5) is 0 Å². The summed E-state index contributed by atoms with van der Waals surface area (Å²) in [5.41, 5.74) is 2.26. The number of carbonyl (C=O) groups is 1. The van der Waals surface area contributed by atoms with E-state index in [9.17, 15) is 4.79 Å². The van der Waals surface area contributed by atoms with Crippen LogP contribution in [-0.4, -0.2) is 25.2 Å². The SMILES string of the molecule is CC(Oc1ccc(-c2ccccc2)cc1)C(=O)NCCCOCc1ccco1. The van der Waals surface area contributed by atoms with Gasteiger partial charge in [-0.2, -0.15) is 0 Å². The Bertz CT molecular complexity index is 829. The summed E-state index contributed by atoms with van der Waals surface area (Å²) in [5, 5.41) is 2.87. The summed E-state index contributed by atoms with van der Waals surface area (Å²) in [5.74, 6) is 1.33. The van der Waals surface area contributed by atoms with Crippen molar-refractivity contribution in [3.8, 4) is 16.9 Å². The topological polar surface area (TPSA) is 60.7 Å². The fourth-order valence-electron chi connectivity index (χ4n) is 2.71. The van der Waals surface area contributed by atoms with Gasteiger partial charge in [-0.25, -0.2) is 0 Å². The number of amides is 1. The highest BCUT2D eigenvalue weighted by molar-refractivity contribution is 5.80. The molecule has 0 fully saturated rings. The Balaban J connectivity index is 1.35. The molecule has 146 valence electrons. The fourth-order valence-corrected chi connectivity index (χ4v) is 2.71. The maximum Gasteiger partial charge on any atom is 0.260 e. The summed E-state index contributed by atoms with van der Waals surface area (Å²) in [4.78, 5) is 12.2. The molecule has 1 atom stereocenters. The van der Waals surface area contributed by atoms with Gasteiger partial charge in [0.05, 0.1) is 6.26 Å². The first-order valence-electron chi connectivity index (χ1n) is 9.42. The van der Waals surface area contributed by atoms with E-state index in [0.717, 1.165) is 23.3 Å². The molecular weight excluding hydrogens is 354 g/mol. The molecule has 0 aliphatic rings. The molecule has 0 spiro atoms. The number of rotatable bonds is 10. The quantitative estimate of drug-likeness (QED) is 0.529. The number of ether oxygens (including phenoxy) is 2. The van der Waals surface area contributed by atoms with Gasteiger partial charge >= 0.3 is 0 Å². The van der Waals surface area contributed by atoms with E-state index in [1.807, 2.05) is 54.6 Å². The van der Waals surface area contributed by atoms with Gasteiger partial charge in [-0.3, -0.25) is 4.79 Å². The molecule has 1 amide bonds. The van der Waals surface area contributed by atoms with Crippen LogP contribution >= 0.6 is 0 Å². The van der Waals surface area contributed by atoms with E-state index in [-0.39, 0.29) is 5.91 Å². The molecule has 0 aliphatic heterocycles. The molecule has 5 nitrogen and oxygen atoms in total. The summed E-state index contributed by atoms with van der Waals surface area (Å²) in [6.45, 7) is 3.28. The van der Waals surface area contributed by atoms with Crippen molar-refractivity contribution in [1.29, 1.82) is 0 Å². The molecule has 0 saturated carbocycles. The van der Waals surface area contributed by atoms with Gasteiger partial charge in [0.1, 0.15) is 18.1 Å². The molecule has 1 heterocycles. The van der Waals surface area contributed by atoms with E-state index < -0.39 is 6.10 Å². The van der Waals surface area contributed by atoms with Crippen LogP contribution in [0.5, 0.6) is 5.75 Å². The van der Waals surface area contributed by atoms with Crippen molar-refractivity contribution in [2.24, 2.45) is 0 Å². The largest absolute Gasteiger partial charge is 0.481 e. The van der Waals surface area contributed by atoms with Gasteiger partial charge in [-0.05, 0) is 48.7 Å². The second-order valence-electron chi connectivity index (χ2n) is 6.43. The summed E-state index contributed by atoms with van der Waals surface area (Å²) >= 11 is 0. The maximum atomic E-state index is 12.2. The molecule has 0 saturated heterocycles. The second kappa shape index (κ2) is 10.3. The van der Waals surface area contributed by atoms with Crippen molar-refractivity contribution in [2.45, 2.75) is 26.1 Å². The first-order valence-corrected chi connectivity index (χ1v) is 9.42. The highest BCUT2D eigenvalue weighted by atomic mass is 16.5. The van der Waals surface area contributed by atoms with Gasteiger partial charge in [0, 0.05) is 13.2 Å². The minimum Gasteiger partial charge on any atom is -0.481 e. The number of hydrogen-bond donors (Lipinski definition) is 1. The zero-order chi connectivity index (χ0) is 19.6. The Morgan fingerprint density at radius 1 is 1.00 bits per heavy atom. The molecule has 28 heavy (non-hydrogen) atoms. The number of nitrogens with one attached hydrogen (secondary N) is 1. The van der Waals surface area contributed by atoms with Crippen LogP contribution in [-0.2, 0) is 16.1 Å². The molecule has 0 bridgehead atoms. The zero-order valence-electron chi connectivity index (χ0n) is 16.0. The molecule has 2 aromatic carbocycles. The minimum atomic E-state index is -0.563. The molecular formula is C23H25NO4. The van der Waals surface area contributed by atoms with Crippen LogP contribution in [0.1, 0.15) is 19.1 Å². The molecule has 0 radical (unpaired) electrons. The molecule has 3 rings (SSSR count). The average molecular weight is 379 g/mol. The summed E-state index contributed by atoms with van der Waals surface area (Å²) in [7, 11) is 0. The first-order chi connectivity index (χ1) is 13.7. The van der Waals surface area contributed by atoms with Crippen LogP contribution in [0.15, 0.2) is 77.4 Å². The lowest BCUT2D eigenvalue weighted by atomic mass is 10.1. The van der Waals surface area contributed by atoms with E-state index in [1.54, 1.807) is 13.2 Å². The van der Waals surface area contributed by atoms with E-state index in [2.05, 4.69) is 17.4 Å². The predicted octanol–water partition coefficient (Wildman–Crippen LogP) is 4.44. The van der Waals surface area contributed by atoms with Crippen LogP contribution in [0.3, 0.4) is 0 Å². The molecule has 1 N–H and O–H groups in total. The maximum absolute atomic E-state index is 12.2. The smallest absolute Gasteiger partial charge is 0.260 e. The number of carbonyl (C=O) groups excluding carboxylic acids is 1. The standard InChI is InChI=1S/C23H25NO4/c1-18(23(25)24-14-6-15-26-17-22-9-5-16-27-22)28-21-12-10-20(11-13-21)19-7-3-2-4-8-19/h2-5,7-13,16,18H,6,14-15,17H2,1H3,(H,24,25). The van der Waals surface area contributed by atoms with Crippen molar-refractivity contribution in [2.75, 3.05) is 13.2 Å². The third-order valence-corrected chi connectivity index (χ3v) is 4.23. The van der Waals surface area contributed by atoms with Gasteiger partial charge < -0.3 is 19.2 Å². The average Bonchev–Trinajstić information content (AvgIpc) is 3.25. The first kappa shape index (κ1) is 19.7. The highest BCUT2D eigenvalue weighted by Gasteiger charge is 2.14. The van der Waals surface area contributed by atoms with Crippen molar-refractivity contribution < 1.29 is 18.7 Å². The monoisotopic (exact) mass is 379 g/mol. The zero-order valence-corrected chi connectivity index (χ0v) is 16.0. The van der Waals surface area contributed by atoms with Crippen molar-refractivity contribution in [3.05, 3.63) is 78.8 Å². The minimum absolute atomic E-state index is 0.141. The highest BCUT2D eigenvalue weighted by Crippen LogP contribution is 2.22. The lowest BCUT2D eigenvalue weighted by molar-refractivity contribution is -0.127. The van der Waals surface area contributed by atoms with Gasteiger partial charge in [-0.15, -0.1) is 0 Å². The lowest BCUT2D eigenvalue weighted by Crippen LogP contribution is -2.37. The summed E-state index contributed by atoms with van der Waals surface area (Å²) in [6, 6.07) is 21.6. The molecule has 3 aromatic rings. The Morgan fingerprint density at radius 3 is 2.46 bits per heavy atom. The lowest BCUT2D eigenvalue weighted by Gasteiger charge is -2.15. The van der Waals surface area contributed by atoms with Crippen LogP contribution in [0.25, 0.3) is 11.1 Å². The number of furan rings is 1. The Kier molecular flexibility index (Phi) is 7.27. The third kappa shape index (κ3) is 5.99. The van der Waals surface area contributed by atoms with Crippen LogP contribution in [0.2, 0.25) is 0 Å². The Morgan fingerprint density at radius 2 is 1.75 bits per heavy atom. The molecule has 5 heteroatoms. The van der Waals surface area contributed by atoms with E-state index in [1.165, 1.54) is 0 Å². The second-order valence-corrected chi connectivity index (χ2v) is 6.43. The van der Waals surface area contributed by atoms with Gasteiger partial charge in [0.15, 0.2) is 6.10 Å². The van der Waals surface area contributed by atoms with Gasteiger partial charge in [0.2, 0.25) is 0 Å². The van der Waals surface area contributed by atoms with Crippen molar-refractivity contribution in [3.63, 3.8) is 0 Å². The fraction of sp³-hybridized carbons (Fsp3) is 0.261. The predicted molar refractivity (Wildman–Crippen MR) is 108 cm³/mol. The van der Waals surface area contributed by atoms with Crippen LogP contribution in [0, 0.1) is 0 Å². The Labute approximate surface area is 165 Å². The van der Waals surface area contributed by atoms with E-state index >= 15 is 0 Å². The van der Waals surface area contributed by atoms with E-state index in [0.29, 0.717) is 25.5 Å².